The molecule has 0 saturated heterocycles. The second kappa shape index (κ2) is 11.3. The Morgan fingerprint density at radius 3 is 2.29 bits per heavy atom. The van der Waals surface area contributed by atoms with Crippen molar-refractivity contribution < 1.29 is 0 Å². The molecule has 21 heavy (non-hydrogen) atoms. The number of nitrogens with one attached hydrogen (secondary N) is 1. The number of hydrogen-bond acceptors (Lipinski definition) is 1. The average molecular weight is 354 g/mol. The summed E-state index contributed by atoms with van der Waals surface area (Å²) in [4.78, 5) is 0. The summed E-state index contributed by atoms with van der Waals surface area (Å²) in [6.45, 7) is 7.65. The molecular formula is C19H32BrN. The van der Waals surface area contributed by atoms with Gasteiger partial charge in [-0.05, 0) is 37.1 Å². The number of hydrogen-bond donors (Lipinski definition) is 1. The van der Waals surface area contributed by atoms with Crippen molar-refractivity contribution >= 4 is 15.9 Å². The summed E-state index contributed by atoms with van der Waals surface area (Å²) in [7, 11) is 0. The van der Waals surface area contributed by atoms with Crippen LogP contribution in [0.25, 0.3) is 0 Å². The van der Waals surface area contributed by atoms with Crippen molar-refractivity contribution in [1.82, 2.24) is 5.32 Å². The van der Waals surface area contributed by atoms with E-state index in [-0.39, 0.29) is 0 Å². The highest BCUT2D eigenvalue weighted by molar-refractivity contribution is 9.10. The molecule has 0 aromatic heterocycles. The Bertz CT molecular complexity index is 389. The molecule has 1 nitrogen and oxygen atoms in total. The molecule has 1 rings (SSSR count). The standard InChI is InChI=1S/C19H32BrN/c1-4-6-7-8-9-10-11-12-19(21-5-2)17-14-13-16(3)18(20)15-17/h13-15,19,21H,4-12H2,1-3H3. The van der Waals surface area contributed by atoms with Crippen molar-refractivity contribution in [3.05, 3.63) is 33.8 Å². The van der Waals surface area contributed by atoms with Crippen LogP contribution in [0.2, 0.25) is 0 Å². The molecule has 1 N–H and O–H groups in total. The molecule has 0 radical (unpaired) electrons. The Balaban J connectivity index is 2.37. The Labute approximate surface area is 140 Å². The molecule has 0 aliphatic heterocycles. The van der Waals surface area contributed by atoms with Gasteiger partial charge in [0.1, 0.15) is 0 Å². The van der Waals surface area contributed by atoms with Crippen LogP contribution in [0.4, 0.5) is 0 Å². The van der Waals surface area contributed by atoms with Gasteiger partial charge in [0, 0.05) is 10.5 Å². The third-order valence-electron chi connectivity index (χ3n) is 4.15. The molecule has 0 aliphatic rings. The van der Waals surface area contributed by atoms with E-state index >= 15 is 0 Å². The van der Waals surface area contributed by atoms with E-state index in [4.69, 9.17) is 0 Å². The lowest BCUT2D eigenvalue weighted by Crippen LogP contribution is -2.20. The van der Waals surface area contributed by atoms with Crippen LogP contribution in [0.3, 0.4) is 0 Å². The molecule has 0 aliphatic carbocycles. The van der Waals surface area contributed by atoms with E-state index in [0.717, 1.165) is 6.54 Å². The van der Waals surface area contributed by atoms with Crippen molar-refractivity contribution in [2.75, 3.05) is 6.54 Å². The SMILES string of the molecule is CCCCCCCCCC(NCC)c1ccc(C)c(Br)c1. The lowest BCUT2D eigenvalue weighted by Gasteiger charge is -2.19. The highest BCUT2D eigenvalue weighted by Crippen LogP contribution is 2.25. The topological polar surface area (TPSA) is 12.0 Å². The van der Waals surface area contributed by atoms with Gasteiger partial charge in [0.25, 0.3) is 0 Å². The normalized spacial score (nSPS) is 12.6. The highest BCUT2D eigenvalue weighted by Gasteiger charge is 2.10. The van der Waals surface area contributed by atoms with Crippen molar-refractivity contribution in [3.8, 4) is 0 Å². The first-order valence-corrected chi connectivity index (χ1v) is 9.47. The van der Waals surface area contributed by atoms with Crippen LogP contribution >= 0.6 is 15.9 Å². The van der Waals surface area contributed by atoms with Crippen LogP contribution in [0.15, 0.2) is 22.7 Å². The molecule has 2 heteroatoms. The van der Waals surface area contributed by atoms with Gasteiger partial charge in [0.2, 0.25) is 0 Å². The molecule has 1 aromatic rings. The maximum absolute atomic E-state index is 3.65. The molecule has 0 amide bonds. The first-order chi connectivity index (χ1) is 10.2. The second-order valence-electron chi connectivity index (χ2n) is 6.03. The monoisotopic (exact) mass is 353 g/mol. The quantitative estimate of drug-likeness (QED) is 0.444. The van der Waals surface area contributed by atoms with Gasteiger partial charge in [-0.1, -0.05) is 86.9 Å². The van der Waals surface area contributed by atoms with Gasteiger partial charge in [-0.15, -0.1) is 0 Å². The van der Waals surface area contributed by atoms with Crippen molar-refractivity contribution in [2.24, 2.45) is 0 Å². The first kappa shape index (κ1) is 18.7. The van der Waals surface area contributed by atoms with Crippen LogP contribution in [0, 0.1) is 6.92 Å². The van der Waals surface area contributed by atoms with Crippen molar-refractivity contribution in [2.45, 2.75) is 78.2 Å². The summed E-state index contributed by atoms with van der Waals surface area (Å²) in [5.74, 6) is 0. The van der Waals surface area contributed by atoms with Crippen LogP contribution in [0.5, 0.6) is 0 Å². The lowest BCUT2D eigenvalue weighted by molar-refractivity contribution is 0.475. The third kappa shape index (κ3) is 7.46. The van der Waals surface area contributed by atoms with Crippen LogP contribution in [-0.2, 0) is 0 Å². The van der Waals surface area contributed by atoms with Gasteiger partial charge in [0.05, 0.1) is 0 Å². The van der Waals surface area contributed by atoms with E-state index in [1.165, 1.54) is 67.0 Å². The molecule has 0 bridgehead atoms. The van der Waals surface area contributed by atoms with Gasteiger partial charge in [-0.3, -0.25) is 0 Å². The highest BCUT2D eigenvalue weighted by atomic mass is 79.9. The molecule has 1 aromatic carbocycles. The minimum Gasteiger partial charge on any atom is -0.310 e. The molecule has 120 valence electrons. The van der Waals surface area contributed by atoms with E-state index in [2.05, 4.69) is 60.2 Å². The smallest absolute Gasteiger partial charge is 0.0320 e. The molecular weight excluding hydrogens is 322 g/mol. The number of unbranched alkanes of at least 4 members (excludes halogenated alkanes) is 6. The van der Waals surface area contributed by atoms with Gasteiger partial charge in [-0.25, -0.2) is 0 Å². The van der Waals surface area contributed by atoms with Crippen molar-refractivity contribution in [3.63, 3.8) is 0 Å². The van der Waals surface area contributed by atoms with Crippen LogP contribution in [-0.4, -0.2) is 6.54 Å². The van der Waals surface area contributed by atoms with Gasteiger partial charge in [0.15, 0.2) is 0 Å². The fraction of sp³-hybridized carbons (Fsp3) is 0.684. The zero-order valence-corrected chi connectivity index (χ0v) is 15.6. The van der Waals surface area contributed by atoms with Gasteiger partial charge in [-0.2, -0.15) is 0 Å². The Morgan fingerprint density at radius 2 is 1.67 bits per heavy atom. The number of rotatable bonds is 11. The van der Waals surface area contributed by atoms with Gasteiger partial charge < -0.3 is 5.32 Å². The summed E-state index contributed by atoms with van der Waals surface area (Å²) in [6.07, 6.45) is 10.9. The van der Waals surface area contributed by atoms with Crippen molar-refractivity contribution in [1.29, 1.82) is 0 Å². The Hall–Kier alpha value is -0.340. The van der Waals surface area contributed by atoms with Crippen LogP contribution < -0.4 is 5.32 Å². The Morgan fingerprint density at radius 1 is 1.00 bits per heavy atom. The molecule has 1 unspecified atom stereocenters. The van der Waals surface area contributed by atoms with E-state index in [1.54, 1.807) is 0 Å². The summed E-state index contributed by atoms with van der Waals surface area (Å²) < 4.78 is 1.22. The van der Waals surface area contributed by atoms with Gasteiger partial charge >= 0.3 is 0 Å². The number of aryl methyl sites for hydroxylation is 1. The van der Waals surface area contributed by atoms with E-state index < -0.39 is 0 Å². The maximum Gasteiger partial charge on any atom is 0.0320 e. The zero-order chi connectivity index (χ0) is 15.5. The number of halogens is 1. The lowest BCUT2D eigenvalue weighted by atomic mass is 9.98. The average Bonchev–Trinajstić information content (AvgIpc) is 2.48. The fourth-order valence-electron chi connectivity index (χ4n) is 2.76. The summed E-state index contributed by atoms with van der Waals surface area (Å²) in [6, 6.07) is 7.27. The largest absolute Gasteiger partial charge is 0.310 e. The summed E-state index contributed by atoms with van der Waals surface area (Å²) in [5.41, 5.74) is 2.73. The van der Waals surface area contributed by atoms with E-state index in [1.807, 2.05) is 0 Å². The zero-order valence-electron chi connectivity index (χ0n) is 14.1. The molecule has 0 heterocycles. The minimum atomic E-state index is 0.502. The van der Waals surface area contributed by atoms with Crippen LogP contribution in [0.1, 0.15) is 82.4 Å². The maximum atomic E-state index is 3.65. The summed E-state index contributed by atoms with van der Waals surface area (Å²) >= 11 is 3.65. The molecule has 0 fully saturated rings. The Kier molecular flexibility index (Phi) is 10.0. The predicted octanol–water partition coefficient (Wildman–Crippen LogP) is 6.55. The van der Waals surface area contributed by atoms with E-state index in [9.17, 15) is 0 Å². The third-order valence-corrected chi connectivity index (χ3v) is 5.00. The summed E-state index contributed by atoms with van der Waals surface area (Å²) in [5, 5.41) is 3.64. The molecule has 0 spiro atoms. The predicted molar refractivity (Wildman–Crippen MR) is 97.9 cm³/mol. The first-order valence-electron chi connectivity index (χ1n) is 8.68. The molecule has 1 atom stereocenters. The molecule has 0 saturated carbocycles. The minimum absolute atomic E-state index is 0.502. The number of benzene rings is 1. The van der Waals surface area contributed by atoms with E-state index in [0.29, 0.717) is 6.04 Å². The second-order valence-corrected chi connectivity index (χ2v) is 6.88. The fourth-order valence-corrected chi connectivity index (χ4v) is 3.16.